The molecule has 5 rings (SSSR count). The van der Waals surface area contributed by atoms with Crippen LogP contribution >= 0.6 is 11.6 Å². The van der Waals surface area contributed by atoms with Crippen LogP contribution in [0.1, 0.15) is 40.7 Å². The van der Waals surface area contributed by atoms with Crippen molar-refractivity contribution in [2.24, 2.45) is 0 Å². The van der Waals surface area contributed by atoms with Gasteiger partial charge in [0.15, 0.2) is 11.2 Å². The number of likely N-dealkylation sites (tertiary alicyclic amines) is 1. The van der Waals surface area contributed by atoms with Crippen molar-refractivity contribution in [2.75, 3.05) is 13.1 Å². The van der Waals surface area contributed by atoms with Crippen molar-refractivity contribution in [3.05, 3.63) is 75.2 Å². The maximum atomic E-state index is 13.0. The molecule has 1 amide bonds. The molecule has 4 aromatic rings. The molecule has 4 heterocycles. The molecule has 1 aliphatic rings. The Bertz CT molecular complexity index is 1300. The Balaban J connectivity index is 1.44. The Hall–Kier alpha value is -3.46. The monoisotopic (exact) mass is 438 g/mol. The van der Waals surface area contributed by atoms with Gasteiger partial charge >= 0.3 is 0 Å². The van der Waals surface area contributed by atoms with Crippen molar-refractivity contribution in [3.63, 3.8) is 0 Å². The zero-order valence-electron chi connectivity index (χ0n) is 16.5. The number of halogens is 1. The lowest BCUT2D eigenvalue weighted by molar-refractivity contribution is 0.0704. The summed E-state index contributed by atoms with van der Waals surface area (Å²) in [4.78, 5) is 34.8. The van der Waals surface area contributed by atoms with Gasteiger partial charge in [-0.15, -0.1) is 5.10 Å². The van der Waals surface area contributed by atoms with Crippen molar-refractivity contribution in [1.29, 1.82) is 0 Å². The van der Waals surface area contributed by atoms with Crippen molar-refractivity contribution in [1.82, 2.24) is 29.9 Å². The third kappa shape index (κ3) is 3.72. The van der Waals surface area contributed by atoms with Gasteiger partial charge < -0.3 is 14.3 Å². The molecule has 1 aromatic carbocycles. The van der Waals surface area contributed by atoms with Crippen LogP contribution in [-0.2, 0) is 6.54 Å². The maximum Gasteiger partial charge on any atom is 0.281 e. The number of aromatic amines is 1. The number of fused-ring (bicyclic) bond motifs is 1. The molecule has 1 aliphatic heterocycles. The number of benzene rings is 1. The summed E-state index contributed by atoms with van der Waals surface area (Å²) in [6, 6.07) is 10.6. The van der Waals surface area contributed by atoms with Crippen LogP contribution in [0, 0.1) is 0 Å². The topological polar surface area (TPSA) is 110 Å². The third-order valence-electron chi connectivity index (χ3n) is 5.48. The lowest BCUT2D eigenvalue weighted by Crippen LogP contribution is -2.40. The number of H-pyrrole nitrogens is 1. The van der Waals surface area contributed by atoms with Gasteiger partial charge in [0.2, 0.25) is 0 Å². The highest BCUT2D eigenvalue weighted by molar-refractivity contribution is 6.33. The highest BCUT2D eigenvalue weighted by Crippen LogP contribution is 2.27. The summed E-state index contributed by atoms with van der Waals surface area (Å²) in [6.45, 7) is 1.39. The highest BCUT2D eigenvalue weighted by Gasteiger charge is 2.28. The Kier molecular flexibility index (Phi) is 5.03. The second-order valence-electron chi connectivity index (χ2n) is 7.52. The van der Waals surface area contributed by atoms with E-state index in [4.69, 9.17) is 16.0 Å². The van der Waals surface area contributed by atoms with Crippen LogP contribution in [0.15, 0.2) is 51.9 Å². The molecular weight excluding hydrogens is 420 g/mol. The van der Waals surface area contributed by atoms with Gasteiger partial charge in [0.1, 0.15) is 18.1 Å². The van der Waals surface area contributed by atoms with Crippen LogP contribution in [-0.4, -0.2) is 48.9 Å². The van der Waals surface area contributed by atoms with E-state index < -0.39 is 0 Å². The lowest BCUT2D eigenvalue weighted by atomic mass is 9.96. The molecule has 9 nitrogen and oxygen atoms in total. The first kappa shape index (κ1) is 19.5. The number of carbonyl (C=O) groups is 1. The number of carbonyl (C=O) groups excluding carboxylic acids is 1. The second-order valence-corrected chi connectivity index (χ2v) is 7.93. The van der Waals surface area contributed by atoms with Gasteiger partial charge in [-0.05, 0) is 37.1 Å². The third-order valence-corrected chi connectivity index (χ3v) is 5.81. The predicted octanol–water partition coefficient (Wildman–Crippen LogP) is 2.83. The lowest BCUT2D eigenvalue weighted by Gasteiger charge is -2.32. The smallest absolute Gasteiger partial charge is 0.281 e. The van der Waals surface area contributed by atoms with Crippen molar-refractivity contribution < 1.29 is 9.21 Å². The minimum Gasteiger partial charge on any atom is -0.467 e. The summed E-state index contributed by atoms with van der Waals surface area (Å²) in [7, 11) is 0. The highest BCUT2D eigenvalue weighted by atomic mass is 35.5. The number of piperidine rings is 1. The van der Waals surface area contributed by atoms with Gasteiger partial charge in [0, 0.05) is 19.0 Å². The van der Waals surface area contributed by atoms with Crippen LogP contribution in [0.4, 0.5) is 0 Å². The minimum absolute atomic E-state index is 0.107. The molecule has 0 spiro atoms. The SMILES string of the molecule is O=C(c1ccccc1Cl)N1CCC[C@H](c2nc3c(nnn3Cc3ccco3)c(=O)[nH]2)C1. The van der Waals surface area contributed by atoms with E-state index in [1.54, 1.807) is 46.2 Å². The van der Waals surface area contributed by atoms with E-state index in [0.29, 0.717) is 47.5 Å². The first-order valence-corrected chi connectivity index (χ1v) is 10.4. The molecule has 158 valence electrons. The van der Waals surface area contributed by atoms with Gasteiger partial charge in [-0.1, -0.05) is 28.9 Å². The predicted molar refractivity (Wildman–Crippen MR) is 113 cm³/mol. The molecule has 10 heteroatoms. The van der Waals surface area contributed by atoms with E-state index in [2.05, 4.69) is 20.3 Å². The standard InChI is InChI=1S/C21H19ClN6O3/c22-16-8-2-1-7-15(16)21(30)27-9-3-5-13(11-27)18-23-19-17(20(29)24-18)25-26-28(19)12-14-6-4-10-31-14/h1-2,4,6-8,10,13H,3,5,9,11-12H2,(H,23,24,29)/t13-/m0/s1. The van der Waals surface area contributed by atoms with Gasteiger partial charge in [0.25, 0.3) is 11.5 Å². The van der Waals surface area contributed by atoms with Crippen LogP contribution in [0.3, 0.4) is 0 Å². The van der Waals surface area contributed by atoms with Gasteiger partial charge in [-0.2, -0.15) is 0 Å². The fourth-order valence-electron chi connectivity index (χ4n) is 3.92. The number of hydrogen-bond donors (Lipinski definition) is 1. The van der Waals surface area contributed by atoms with Gasteiger partial charge in [-0.3, -0.25) is 9.59 Å². The minimum atomic E-state index is -0.347. The molecule has 0 radical (unpaired) electrons. The van der Waals surface area contributed by atoms with Crippen LogP contribution in [0.25, 0.3) is 11.2 Å². The van der Waals surface area contributed by atoms with E-state index >= 15 is 0 Å². The zero-order chi connectivity index (χ0) is 21.4. The Morgan fingerprint density at radius 1 is 1.26 bits per heavy atom. The van der Waals surface area contributed by atoms with Crippen LogP contribution < -0.4 is 5.56 Å². The first-order valence-electron chi connectivity index (χ1n) is 10.00. The summed E-state index contributed by atoms with van der Waals surface area (Å²) >= 11 is 6.21. The molecule has 1 saturated heterocycles. The summed E-state index contributed by atoms with van der Waals surface area (Å²) < 4.78 is 6.91. The number of nitrogens with zero attached hydrogens (tertiary/aromatic N) is 5. The number of nitrogens with one attached hydrogen (secondary N) is 1. The van der Waals surface area contributed by atoms with E-state index in [0.717, 1.165) is 12.8 Å². The zero-order valence-corrected chi connectivity index (χ0v) is 17.2. The molecule has 1 fully saturated rings. The summed E-state index contributed by atoms with van der Waals surface area (Å²) in [5.41, 5.74) is 0.697. The molecule has 1 N–H and O–H groups in total. The normalized spacial score (nSPS) is 16.7. The van der Waals surface area contributed by atoms with E-state index in [-0.39, 0.29) is 22.9 Å². The number of furan rings is 1. The average molecular weight is 439 g/mol. The summed E-state index contributed by atoms with van der Waals surface area (Å²) in [5, 5.41) is 8.44. The number of rotatable bonds is 4. The maximum absolute atomic E-state index is 13.0. The Morgan fingerprint density at radius 2 is 2.13 bits per heavy atom. The molecule has 0 saturated carbocycles. The van der Waals surface area contributed by atoms with E-state index in [9.17, 15) is 9.59 Å². The largest absolute Gasteiger partial charge is 0.467 e. The van der Waals surface area contributed by atoms with Crippen molar-refractivity contribution >= 4 is 28.7 Å². The molecule has 0 bridgehead atoms. The van der Waals surface area contributed by atoms with Crippen molar-refractivity contribution in [3.8, 4) is 0 Å². The number of hydrogen-bond acceptors (Lipinski definition) is 6. The van der Waals surface area contributed by atoms with Gasteiger partial charge in [-0.25, -0.2) is 9.67 Å². The molecule has 1 atom stereocenters. The fourth-order valence-corrected chi connectivity index (χ4v) is 4.14. The summed E-state index contributed by atoms with van der Waals surface area (Å²) in [5.74, 6) is 0.981. The quantitative estimate of drug-likeness (QED) is 0.524. The molecular formula is C21H19ClN6O3. The Labute approximate surface area is 181 Å². The first-order chi connectivity index (χ1) is 15.1. The van der Waals surface area contributed by atoms with Crippen molar-refractivity contribution in [2.45, 2.75) is 25.3 Å². The van der Waals surface area contributed by atoms with E-state index in [1.165, 1.54) is 0 Å². The molecule has 3 aromatic heterocycles. The molecule has 0 unspecified atom stereocenters. The summed E-state index contributed by atoms with van der Waals surface area (Å²) in [6.07, 6.45) is 3.18. The molecule has 31 heavy (non-hydrogen) atoms. The number of amides is 1. The fraction of sp³-hybridized carbons (Fsp3) is 0.286. The van der Waals surface area contributed by atoms with Crippen LogP contribution in [0.5, 0.6) is 0 Å². The van der Waals surface area contributed by atoms with Crippen LogP contribution in [0.2, 0.25) is 5.02 Å². The Morgan fingerprint density at radius 3 is 2.94 bits per heavy atom. The average Bonchev–Trinajstić information content (AvgIpc) is 3.45. The van der Waals surface area contributed by atoms with E-state index in [1.807, 2.05) is 6.07 Å². The molecule has 0 aliphatic carbocycles. The second kappa shape index (κ2) is 7.99. The van der Waals surface area contributed by atoms with Gasteiger partial charge in [0.05, 0.1) is 16.8 Å². The number of aromatic nitrogens is 5.